The maximum Gasteiger partial charge on any atom is 0.419 e. The number of alkyl halides is 3. The molecule has 0 aliphatic heterocycles. The molecule has 4 nitrogen and oxygen atoms in total. The van der Waals surface area contributed by atoms with Crippen LogP contribution in [0.3, 0.4) is 0 Å². The van der Waals surface area contributed by atoms with Crippen molar-refractivity contribution >= 4 is 0 Å². The van der Waals surface area contributed by atoms with E-state index >= 15 is 0 Å². The Morgan fingerprint density at radius 2 is 2.00 bits per heavy atom. The van der Waals surface area contributed by atoms with E-state index in [2.05, 4.69) is 5.10 Å². The third kappa shape index (κ3) is 2.99. The summed E-state index contributed by atoms with van der Waals surface area (Å²) >= 11 is 0. The monoisotopic (exact) mass is 303 g/mol. The van der Waals surface area contributed by atoms with Gasteiger partial charge in [-0.05, 0) is 25.1 Å². The van der Waals surface area contributed by atoms with Gasteiger partial charge in [-0.2, -0.15) is 18.3 Å². The average Bonchev–Trinajstić information content (AvgIpc) is 2.64. The highest BCUT2D eigenvalue weighted by Crippen LogP contribution is 2.35. The molecule has 8 heteroatoms. The summed E-state index contributed by atoms with van der Waals surface area (Å²) in [6.07, 6.45) is -4.79. The number of nitrogens with two attached hydrogens (primary N) is 1. The molecule has 1 aromatic heterocycles. The van der Waals surface area contributed by atoms with Crippen molar-refractivity contribution in [2.75, 3.05) is 0 Å². The van der Waals surface area contributed by atoms with Gasteiger partial charge in [-0.3, -0.25) is 0 Å². The molecule has 0 aliphatic carbocycles. The van der Waals surface area contributed by atoms with Crippen molar-refractivity contribution < 1.29 is 22.3 Å². The number of benzene rings is 1. The minimum absolute atomic E-state index is 0.127. The van der Waals surface area contributed by atoms with Gasteiger partial charge in [-0.1, -0.05) is 0 Å². The molecule has 0 atom stereocenters. The first-order valence-corrected chi connectivity index (χ1v) is 6.01. The van der Waals surface area contributed by atoms with Crippen LogP contribution in [0.5, 0.6) is 11.6 Å². The average molecular weight is 303 g/mol. The summed E-state index contributed by atoms with van der Waals surface area (Å²) in [5, 5.41) is 4.08. The second kappa shape index (κ2) is 5.36. The van der Waals surface area contributed by atoms with Crippen molar-refractivity contribution in [3.8, 4) is 11.6 Å². The van der Waals surface area contributed by atoms with Crippen molar-refractivity contribution in [2.24, 2.45) is 12.8 Å². The zero-order chi connectivity index (χ0) is 15.8. The number of nitrogens with zero attached hydrogens (tertiary/aromatic N) is 2. The predicted molar refractivity (Wildman–Crippen MR) is 67.3 cm³/mol. The molecule has 1 aromatic carbocycles. The maximum atomic E-state index is 13.2. The lowest BCUT2D eigenvalue weighted by atomic mass is 10.2. The number of hydrogen-bond donors (Lipinski definition) is 1. The molecule has 0 aliphatic rings. The van der Waals surface area contributed by atoms with Crippen LogP contribution in [0.25, 0.3) is 0 Å². The Morgan fingerprint density at radius 3 is 2.57 bits per heavy atom. The van der Waals surface area contributed by atoms with Crippen LogP contribution >= 0.6 is 0 Å². The molecule has 2 rings (SSSR count). The summed E-state index contributed by atoms with van der Waals surface area (Å²) in [4.78, 5) is 0. The topological polar surface area (TPSA) is 53.1 Å². The number of halogens is 4. The van der Waals surface area contributed by atoms with E-state index in [1.165, 1.54) is 4.68 Å². The fraction of sp³-hybridized carbons (Fsp3) is 0.308. The Balaban J connectivity index is 2.42. The van der Waals surface area contributed by atoms with E-state index in [1.807, 2.05) is 0 Å². The number of aryl methyl sites for hydroxylation is 2. The van der Waals surface area contributed by atoms with Crippen molar-refractivity contribution in [3.63, 3.8) is 0 Å². The van der Waals surface area contributed by atoms with E-state index in [4.69, 9.17) is 10.5 Å². The van der Waals surface area contributed by atoms with Gasteiger partial charge in [0, 0.05) is 13.6 Å². The van der Waals surface area contributed by atoms with Gasteiger partial charge in [-0.25, -0.2) is 9.07 Å². The van der Waals surface area contributed by atoms with Gasteiger partial charge in [-0.15, -0.1) is 0 Å². The highest BCUT2D eigenvalue weighted by atomic mass is 19.4. The number of ether oxygens (including phenoxy) is 1. The van der Waals surface area contributed by atoms with Crippen LogP contribution in [0, 0.1) is 12.7 Å². The van der Waals surface area contributed by atoms with Gasteiger partial charge >= 0.3 is 6.18 Å². The zero-order valence-corrected chi connectivity index (χ0v) is 11.3. The molecule has 0 spiro atoms. The van der Waals surface area contributed by atoms with Crippen molar-refractivity contribution in [3.05, 3.63) is 40.8 Å². The van der Waals surface area contributed by atoms with Gasteiger partial charge < -0.3 is 10.5 Å². The number of aromatic nitrogens is 2. The van der Waals surface area contributed by atoms with Crippen molar-refractivity contribution in [1.82, 2.24) is 9.78 Å². The maximum absolute atomic E-state index is 13.2. The smallest absolute Gasteiger partial charge is 0.419 e. The van der Waals surface area contributed by atoms with Crippen LogP contribution in [-0.2, 0) is 19.8 Å². The first-order chi connectivity index (χ1) is 9.74. The predicted octanol–water partition coefficient (Wildman–Crippen LogP) is 3.14. The van der Waals surface area contributed by atoms with E-state index in [9.17, 15) is 17.6 Å². The van der Waals surface area contributed by atoms with E-state index in [1.54, 1.807) is 14.0 Å². The van der Waals surface area contributed by atoms with Gasteiger partial charge in [0.15, 0.2) is 0 Å². The molecule has 0 fully saturated rings. The molecule has 0 radical (unpaired) electrons. The third-order valence-electron chi connectivity index (χ3n) is 2.95. The molecule has 0 amide bonds. The first kappa shape index (κ1) is 15.3. The molecule has 21 heavy (non-hydrogen) atoms. The molecule has 2 N–H and O–H groups in total. The number of hydrogen-bond acceptors (Lipinski definition) is 3. The molecule has 0 saturated carbocycles. The van der Waals surface area contributed by atoms with Crippen LogP contribution in [0.1, 0.15) is 16.8 Å². The third-order valence-corrected chi connectivity index (χ3v) is 2.95. The molecule has 0 unspecified atom stereocenters. The Morgan fingerprint density at radius 1 is 1.33 bits per heavy atom. The minimum Gasteiger partial charge on any atom is -0.439 e. The standard InChI is InChI=1S/C13H13F4N3O/c1-7-9(6-18)12(20(2)19-7)21-8-3-4-11(14)10(5-8)13(15,16)17/h3-5H,6,18H2,1-2H3. The van der Waals surface area contributed by atoms with Crippen LogP contribution in [0.4, 0.5) is 17.6 Å². The summed E-state index contributed by atoms with van der Waals surface area (Å²) in [5.74, 6) is -1.26. The summed E-state index contributed by atoms with van der Waals surface area (Å²) in [7, 11) is 1.58. The van der Waals surface area contributed by atoms with E-state index in [0.29, 0.717) is 23.4 Å². The Bertz CT molecular complexity index is 664. The lowest BCUT2D eigenvalue weighted by Gasteiger charge is -2.12. The number of rotatable bonds is 3. The van der Waals surface area contributed by atoms with Crippen LogP contribution < -0.4 is 10.5 Å². The van der Waals surface area contributed by atoms with Crippen LogP contribution in [0.15, 0.2) is 18.2 Å². The summed E-state index contributed by atoms with van der Waals surface area (Å²) in [6.45, 7) is 1.84. The Kier molecular flexibility index (Phi) is 3.91. The highest BCUT2D eigenvalue weighted by molar-refractivity contribution is 5.38. The molecule has 2 aromatic rings. The molecular weight excluding hydrogens is 290 g/mol. The fourth-order valence-electron chi connectivity index (χ4n) is 1.94. The van der Waals surface area contributed by atoms with Crippen molar-refractivity contribution in [2.45, 2.75) is 19.6 Å². The van der Waals surface area contributed by atoms with Crippen LogP contribution in [0.2, 0.25) is 0 Å². The lowest BCUT2D eigenvalue weighted by molar-refractivity contribution is -0.140. The molecule has 114 valence electrons. The van der Waals surface area contributed by atoms with E-state index in [-0.39, 0.29) is 18.2 Å². The first-order valence-electron chi connectivity index (χ1n) is 6.01. The molecule has 0 bridgehead atoms. The van der Waals surface area contributed by atoms with Gasteiger partial charge in [0.1, 0.15) is 11.6 Å². The second-order valence-corrected chi connectivity index (χ2v) is 4.44. The normalized spacial score (nSPS) is 11.8. The molecular formula is C13H13F4N3O. The van der Waals surface area contributed by atoms with Crippen LogP contribution in [-0.4, -0.2) is 9.78 Å². The molecule has 0 saturated heterocycles. The summed E-state index contributed by atoms with van der Waals surface area (Å²) < 4.78 is 58.0. The Labute approximate surface area is 118 Å². The second-order valence-electron chi connectivity index (χ2n) is 4.44. The zero-order valence-electron chi connectivity index (χ0n) is 11.3. The molecule has 1 heterocycles. The summed E-state index contributed by atoms with van der Waals surface area (Å²) in [5.41, 5.74) is 5.38. The Hall–Kier alpha value is -2.09. The summed E-state index contributed by atoms with van der Waals surface area (Å²) in [6, 6.07) is 2.44. The fourth-order valence-corrected chi connectivity index (χ4v) is 1.94. The SMILES string of the molecule is Cc1nn(C)c(Oc2ccc(F)c(C(F)(F)F)c2)c1CN. The van der Waals surface area contributed by atoms with E-state index in [0.717, 1.165) is 6.07 Å². The van der Waals surface area contributed by atoms with Crippen molar-refractivity contribution in [1.29, 1.82) is 0 Å². The lowest BCUT2D eigenvalue weighted by Crippen LogP contribution is -2.08. The van der Waals surface area contributed by atoms with E-state index < -0.39 is 17.6 Å². The quantitative estimate of drug-likeness (QED) is 0.886. The van der Waals surface area contributed by atoms with Gasteiger partial charge in [0.2, 0.25) is 5.88 Å². The highest BCUT2D eigenvalue weighted by Gasteiger charge is 2.34. The van der Waals surface area contributed by atoms with Gasteiger partial charge in [0.05, 0.1) is 16.8 Å². The van der Waals surface area contributed by atoms with Gasteiger partial charge in [0.25, 0.3) is 0 Å². The largest absolute Gasteiger partial charge is 0.439 e. The minimum atomic E-state index is -4.79.